The van der Waals surface area contributed by atoms with Crippen LogP contribution in [0.25, 0.3) is 0 Å². The van der Waals surface area contributed by atoms with Gasteiger partial charge < -0.3 is 10.8 Å². The van der Waals surface area contributed by atoms with Crippen LogP contribution in [-0.4, -0.2) is 25.7 Å². The number of benzene rings is 1. The van der Waals surface area contributed by atoms with Crippen molar-refractivity contribution in [2.24, 2.45) is 0 Å². The summed E-state index contributed by atoms with van der Waals surface area (Å²) < 4.78 is 27.8. The average Bonchev–Trinajstić information content (AvgIpc) is 2.31. The topological polar surface area (TPSA) is 92.4 Å². The molecule has 2 rings (SSSR count). The van der Waals surface area contributed by atoms with E-state index < -0.39 is 22.2 Å². The molecule has 7 heteroatoms. The molecule has 1 aromatic carbocycles. The van der Waals surface area contributed by atoms with Crippen LogP contribution in [0.4, 0.5) is 5.69 Å². The Balaban J connectivity index is 2.22. The van der Waals surface area contributed by atoms with Crippen molar-refractivity contribution in [2.75, 3.05) is 5.73 Å². The van der Waals surface area contributed by atoms with E-state index >= 15 is 0 Å². The third-order valence-corrected chi connectivity index (χ3v) is 5.35. The summed E-state index contributed by atoms with van der Waals surface area (Å²) in [5.74, 6) is 0. The van der Waals surface area contributed by atoms with Gasteiger partial charge in [-0.1, -0.05) is 28.8 Å². The molecular weight excluding hydrogens is 332 g/mol. The zero-order valence-corrected chi connectivity index (χ0v) is 12.7. The smallest absolute Gasteiger partial charge is 0.242 e. The van der Waals surface area contributed by atoms with Gasteiger partial charge in [0.1, 0.15) is 4.90 Å². The molecule has 4 N–H and O–H groups in total. The highest BCUT2D eigenvalue weighted by Gasteiger charge is 2.28. The Kier molecular flexibility index (Phi) is 4.50. The summed E-state index contributed by atoms with van der Waals surface area (Å²) >= 11 is 3.24. The number of nitrogens with two attached hydrogens (primary N) is 1. The number of rotatable bonds is 3. The minimum atomic E-state index is -3.70. The van der Waals surface area contributed by atoms with Gasteiger partial charge in [0.25, 0.3) is 0 Å². The van der Waals surface area contributed by atoms with Gasteiger partial charge in [0.05, 0.1) is 11.8 Å². The van der Waals surface area contributed by atoms with Crippen molar-refractivity contribution in [1.82, 2.24) is 4.72 Å². The molecule has 0 saturated heterocycles. The van der Waals surface area contributed by atoms with E-state index in [-0.39, 0.29) is 10.6 Å². The summed E-state index contributed by atoms with van der Waals surface area (Å²) in [6.45, 7) is 0. The number of halogens is 1. The molecule has 1 saturated carbocycles. The van der Waals surface area contributed by atoms with Crippen LogP contribution in [0.15, 0.2) is 27.6 Å². The maximum atomic E-state index is 12.3. The van der Waals surface area contributed by atoms with E-state index in [1.165, 1.54) is 6.07 Å². The van der Waals surface area contributed by atoms with Crippen LogP contribution in [0.1, 0.15) is 25.7 Å². The second-order valence-electron chi connectivity index (χ2n) is 4.76. The highest BCUT2D eigenvalue weighted by molar-refractivity contribution is 9.10. The first kappa shape index (κ1) is 14.8. The van der Waals surface area contributed by atoms with E-state index in [0.29, 0.717) is 12.8 Å². The van der Waals surface area contributed by atoms with Gasteiger partial charge in [0.2, 0.25) is 10.0 Å². The Labute approximate surface area is 121 Å². The van der Waals surface area contributed by atoms with Crippen molar-refractivity contribution < 1.29 is 13.5 Å². The Morgan fingerprint density at radius 2 is 2.00 bits per heavy atom. The van der Waals surface area contributed by atoms with Gasteiger partial charge in [-0.2, -0.15) is 0 Å². The molecule has 0 aromatic heterocycles. The number of sulfonamides is 1. The number of hydrogen-bond donors (Lipinski definition) is 3. The molecular formula is C12H17BrN2O3S. The first-order valence-electron chi connectivity index (χ1n) is 6.15. The zero-order valence-electron chi connectivity index (χ0n) is 10.3. The van der Waals surface area contributed by atoms with Gasteiger partial charge in [-0.3, -0.25) is 0 Å². The van der Waals surface area contributed by atoms with Gasteiger partial charge in [-0.15, -0.1) is 0 Å². The fraction of sp³-hybridized carbons (Fsp3) is 0.500. The Morgan fingerprint density at radius 1 is 1.32 bits per heavy atom. The third-order valence-electron chi connectivity index (χ3n) is 3.30. The van der Waals surface area contributed by atoms with Crippen LogP contribution in [0, 0.1) is 0 Å². The molecule has 0 radical (unpaired) electrons. The van der Waals surface area contributed by atoms with E-state index in [4.69, 9.17) is 5.73 Å². The van der Waals surface area contributed by atoms with Crippen molar-refractivity contribution in [3.8, 4) is 0 Å². The lowest BCUT2D eigenvalue weighted by Crippen LogP contribution is -2.45. The molecule has 0 heterocycles. The van der Waals surface area contributed by atoms with E-state index in [1.54, 1.807) is 12.1 Å². The van der Waals surface area contributed by atoms with Gasteiger partial charge in [-0.05, 0) is 31.0 Å². The Morgan fingerprint density at radius 3 is 2.63 bits per heavy atom. The van der Waals surface area contributed by atoms with E-state index in [2.05, 4.69) is 20.7 Å². The quantitative estimate of drug-likeness (QED) is 0.723. The molecule has 0 bridgehead atoms. The predicted octanol–water partition coefficient (Wildman–Crippen LogP) is 1.61. The number of aliphatic hydroxyl groups excluding tert-OH is 1. The second kappa shape index (κ2) is 5.78. The number of aliphatic hydroxyl groups is 1. The average molecular weight is 349 g/mol. The maximum absolute atomic E-state index is 12.3. The van der Waals surface area contributed by atoms with Crippen molar-refractivity contribution in [3.05, 3.63) is 22.7 Å². The molecule has 0 aliphatic heterocycles. The highest BCUT2D eigenvalue weighted by atomic mass is 79.9. The summed E-state index contributed by atoms with van der Waals surface area (Å²) in [5.41, 5.74) is 5.92. The molecule has 1 aromatic rings. The zero-order chi connectivity index (χ0) is 14.0. The summed E-state index contributed by atoms with van der Waals surface area (Å²) in [5, 5.41) is 9.83. The lowest BCUT2D eigenvalue weighted by molar-refractivity contribution is 0.101. The summed E-state index contributed by atoms with van der Waals surface area (Å²) in [6, 6.07) is 4.20. The largest absolute Gasteiger partial charge is 0.398 e. The first-order chi connectivity index (χ1) is 8.90. The maximum Gasteiger partial charge on any atom is 0.242 e. The van der Waals surface area contributed by atoms with E-state index in [0.717, 1.165) is 17.3 Å². The van der Waals surface area contributed by atoms with Crippen LogP contribution < -0.4 is 10.5 Å². The fourth-order valence-corrected chi connectivity index (χ4v) is 4.07. The summed E-state index contributed by atoms with van der Waals surface area (Å²) in [4.78, 5) is 0.0495. The number of nitrogen functional groups attached to an aromatic ring is 1. The van der Waals surface area contributed by atoms with Gasteiger partial charge >= 0.3 is 0 Å². The fourth-order valence-electron chi connectivity index (χ4n) is 2.28. The van der Waals surface area contributed by atoms with Crippen LogP contribution in [0.3, 0.4) is 0 Å². The molecule has 19 heavy (non-hydrogen) atoms. The molecule has 1 aliphatic rings. The lowest BCUT2D eigenvalue weighted by atomic mass is 9.93. The minimum Gasteiger partial charge on any atom is -0.398 e. The molecule has 1 aliphatic carbocycles. The van der Waals surface area contributed by atoms with Crippen molar-refractivity contribution in [1.29, 1.82) is 0 Å². The summed E-state index contributed by atoms with van der Waals surface area (Å²) in [7, 11) is -3.70. The van der Waals surface area contributed by atoms with Gasteiger partial charge in [-0.25, -0.2) is 13.1 Å². The molecule has 5 nitrogen and oxygen atoms in total. The molecule has 2 atom stereocenters. The molecule has 0 unspecified atom stereocenters. The Bertz CT molecular complexity index is 562. The number of anilines is 1. The van der Waals surface area contributed by atoms with Crippen molar-refractivity contribution in [2.45, 2.75) is 42.7 Å². The molecule has 0 spiro atoms. The van der Waals surface area contributed by atoms with Crippen LogP contribution in [-0.2, 0) is 10.0 Å². The first-order valence-corrected chi connectivity index (χ1v) is 8.43. The van der Waals surface area contributed by atoms with Gasteiger partial charge in [0.15, 0.2) is 0 Å². The predicted molar refractivity (Wildman–Crippen MR) is 77.1 cm³/mol. The number of hydrogen-bond acceptors (Lipinski definition) is 4. The third kappa shape index (κ3) is 3.47. The van der Waals surface area contributed by atoms with Crippen LogP contribution in [0.2, 0.25) is 0 Å². The lowest BCUT2D eigenvalue weighted by Gasteiger charge is -2.28. The number of nitrogens with one attached hydrogen (secondary N) is 1. The standard InChI is InChI=1S/C12H17BrN2O3S/c13-8-5-6-12(9(14)7-8)19(17,18)15-10-3-1-2-4-11(10)16/h5-7,10-11,15-16H,1-4,14H2/t10-,11-/m1/s1. The molecule has 0 amide bonds. The van der Waals surface area contributed by atoms with Crippen LogP contribution >= 0.6 is 15.9 Å². The second-order valence-corrected chi connectivity index (χ2v) is 7.36. The monoisotopic (exact) mass is 348 g/mol. The van der Waals surface area contributed by atoms with Crippen molar-refractivity contribution in [3.63, 3.8) is 0 Å². The Hall–Kier alpha value is -0.630. The van der Waals surface area contributed by atoms with Crippen LogP contribution in [0.5, 0.6) is 0 Å². The minimum absolute atomic E-state index is 0.0495. The van der Waals surface area contributed by atoms with E-state index in [1.807, 2.05) is 0 Å². The van der Waals surface area contributed by atoms with Gasteiger partial charge in [0, 0.05) is 10.5 Å². The molecule has 106 valence electrons. The van der Waals surface area contributed by atoms with Crippen molar-refractivity contribution >= 4 is 31.6 Å². The highest BCUT2D eigenvalue weighted by Crippen LogP contribution is 2.25. The van der Waals surface area contributed by atoms with E-state index in [9.17, 15) is 13.5 Å². The SMILES string of the molecule is Nc1cc(Br)ccc1S(=O)(=O)N[C@@H]1CCCC[C@H]1O. The summed E-state index contributed by atoms with van der Waals surface area (Å²) in [6.07, 6.45) is 2.50. The normalized spacial score (nSPS) is 24.3. The molecule has 1 fully saturated rings.